The first-order valence-electron chi connectivity index (χ1n) is 10.8. The Kier molecular flexibility index (Phi) is 7.33. The molecule has 7 heteroatoms. The minimum Gasteiger partial charge on any atom is -0.507 e. The molecule has 0 saturated carbocycles. The number of fused-ring (bicyclic) bond motifs is 1. The summed E-state index contributed by atoms with van der Waals surface area (Å²) >= 11 is 0. The molecule has 0 amide bonds. The molecule has 1 aliphatic heterocycles. The van der Waals surface area contributed by atoms with Crippen LogP contribution in [0.1, 0.15) is 60.7 Å². The molecule has 0 aromatic heterocycles. The molecular formula is C26H30O7. The van der Waals surface area contributed by atoms with Crippen LogP contribution >= 0.6 is 0 Å². The maximum atomic E-state index is 12.9. The number of allylic oxidation sites excluding steroid dienone is 2. The first-order chi connectivity index (χ1) is 15.6. The monoisotopic (exact) mass is 454 g/mol. The molecule has 3 rings (SSSR count). The number of hydrogen-bond donors (Lipinski definition) is 4. The van der Waals surface area contributed by atoms with Crippen LogP contribution in [0.5, 0.6) is 28.7 Å². The molecule has 0 radical (unpaired) electrons. The smallest absolute Gasteiger partial charge is 0.174 e. The van der Waals surface area contributed by atoms with Gasteiger partial charge in [0.15, 0.2) is 17.3 Å². The number of hydrogen-bond acceptors (Lipinski definition) is 7. The number of ketones is 1. The van der Waals surface area contributed by atoms with E-state index in [1.807, 2.05) is 13.0 Å². The summed E-state index contributed by atoms with van der Waals surface area (Å²) in [5.74, 6) is -0.434. The Labute approximate surface area is 193 Å². The molecule has 2 aromatic carbocycles. The third-order valence-corrected chi connectivity index (χ3v) is 5.88. The van der Waals surface area contributed by atoms with E-state index in [1.165, 1.54) is 19.2 Å². The van der Waals surface area contributed by atoms with Gasteiger partial charge in [0.1, 0.15) is 28.9 Å². The second-order valence-electron chi connectivity index (χ2n) is 8.42. The standard InChI is InChI=1S/C26H30O7/c1-14(2)18(27)9-6-15(3)5-8-17-20(29)12-24-25(26(17)31)21(30)13-22(33-24)16-7-10-19(28)23(11-16)32-4/h5,7,10-12,18,22,27-29,31H,1,6,8-9,13H2,2-4H3/b15-5+/t18?,22-/m0/s1. The molecule has 176 valence electrons. The van der Waals surface area contributed by atoms with E-state index < -0.39 is 12.2 Å². The van der Waals surface area contributed by atoms with Gasteiger partial charge < -0.3 is 29.9 Å². The van der Waals surface area contributed by atoms with Crippen LogP contribution in [0.15, 0.2) is 48.1 Å². The van der Waals surface area contributed by atoms with Crippen molar-refractivity contribution in [1.82, 2.24) is 0 Å². The summed E-state index contributed by atoms with van der Waals surface area (Å²) in [6.07, 6.45) is 2.03. The fraction of sp³-hybridized carbons (Fsp3) is 0.346. The molecule has 2 atom stereocenters. The maximum absolute atomic E-state index is 12.9. The molecular weight excluding hydrogens is 424 g/mol. The van der Waals surface area contributed by atoms with Crippen LogP contribution in [0.2, 0.25) is 0 Å². The number of carbonyl (C=O) groups excluding carboxylic acids is 1. The van der Waals surface area contributed by atoms with Gasteiger partial charge in [0.25, 0.3) is 0 Å². The van der Waals surface area contributed by atoms with Gasteiger partial charge in [-0.2, -0.15) is 0 Å². The number of phenolic OH excluding ortho intramolecular Hbond substituents is 3. The lowest BCUT2D eigenvalue weighted by molar-refractivity contribution is 0.0844. The first-order valence-corrected chi connectivity index (χ1v) is 10.8. The molecule has 1 aliphatic rings. The fourth-order valence-corrected chi connectivity index (χ4v) is 3.77. The van der Waals surface area contributed by atoms with Crippen LogP contribution in [0.25, 0.3) is 0 Å². The number of aromatic hydroxyl groups is 3. The second kappa shape index (κ2) is 10.0. The lowest BCUT2D eigenvalue weighted by Crippen LogP contribution is -2.21. The Hall–Kier alpha value is -3.45. The number of benzene rings is 2. The summed E-state index contributed by atoms with van der Waals surface area (Å²) in [6.45, 7) is 7.42. The van der Waals surface area contributed by atoms with Gasteiger partial charge in [0, 0.05) is 11.6 Å². The lowest BCUT2D eigenvalue weighted by Gasteiger charge is -2.27. The first kappa shape index (κ1) is 24.2. The van der Waals surface area contributed by atoms with Crippen molar-refractivity contribution >= 4 is 5.78 Å². The van der Waals surface area contributed by atoms with Gasteiger partial charge in [-0.05, 0) is 50.8 Å². The van der Waals surface area contributed by atoms with Gasteiger partial charge in [0.2, 0.25) is 0 Å². The van der Waals surface area contributed by atoms with Crippen molar-refractivity contribution < 1.29 is 34.7 Å². The Balaban J connectivity index is 1.82. The van der Waals surface area contributed by atoms with Crippen molar-refractivity contribution in [2.75, 3.05) is 7.11 Å². The molecule has 0 aliphatic carbocycles. The van der Waals surface area contributed by atoms with Crippen molar-refractivity contribution in [2.45, 2.75) is 51.7 Å². The van der Waals surface area contributed by atoms with Gasteiger partial charge in [0.05, 0.1) is 19.6 Å². The Bertz CT molecular complexity index is 1100. The largest absolute Gasteiger partial charge is 0.507 e. The molecule has 0 fully saturated rings. The highest BCUT2D eigenvalue weighted by molar-refractivity contribution is 6.03. The van der Waals surface area contributed by atoms with Crippen molar-refractivity contribution in [3.8, 4) is 28.7 Å². The van der Waals surface area contributed by atoms with E-state index in [0.29, 0.717) is 24.0 Å². The van der Waals surface area contributed by atoms with Gasteiger partial charge in [-0.1, -0.05) is 29.9 Å². The molecule has 0 bridgehead atoms. The normalized spacial score (nSPS) is 16.7. The zero-order valence-corrected chi connectivity index (χ0v) is 19.1. The highest BCUT2D eigenvalue weighted by atomic mass is 16.5. The number of Topliss-reactive ketones (excluding diaryl/α,β-unsaturated/α-hetero) is 1. The summed E-state index contributed by atoms with van der Waals surface area (Å²) in [7, 11) is 1.43. The van der Waals surface area contributed by atoms with Crippen LogP contribution in [0, 0.1) is 0 Å². The number of carbonyl (C=O) groups is 1. The van der Waals surface area contributed by atoms with Crippen LogP contribution in [-0.4, -0.2) is 39.4 Å². The molecule has 0 spiro atoms. The minimum atomic E-state index is -0.647. The average molecular weight is 455 g/mol. The van der Waals surface area contributed by atoms with Crippen LogP contribution in [-0.2, 0) is 6.42 Å². The van der Waals surface area contributed by atoms with Crippen molar-refractivity contribution in [3.05, 3.63) is 64.8 Å². The van der Waals surface area contributed by atoms with E-state index in [1.54, 1.807) is 19.1 Å². The average Bonchev–Trinajstić information content (AvgIpc) is 2.76. The summed E-state index contributed by atoms with van der Waals surface area (Å²) in [4.78, 5) is 12.9. The quantitative estimate of drug-likeness (QED) is 0.426. The van der Waals surface area contributed by atoms with Gasteiger partial charge in [-0.25, -0.2) is 0 Å². The number of ether oxygens (including phenoxy) is 2. The van der Waals surface area contributed by atoms with E-state index in [4.69, 9.17) is 9.47 Å². The maximum Gasteiger partial charge on any atom is 0.174 e. The molecule has 0 saturated heterocycles. The predicted octanol–water partition coefficient (Wildman–Crippen LogP) is 4.72. The minimum absolute atomic E-state index is 0.00757. The molecule has 2 aromatic rings. The Morgan fingerprint density at radius 3 is 2.64 bits per heavy atom. The van der Waals surface area contributed by atoms with E-state index in [2.05, 4.69) is 6.58 Å². The number of methoxy groups -OCH3 is 1. The summed E-state index contributed by atoms with van der Waals surface area (Å²) in [5, 5.41) is 41.0. The van der Waals surface area contributed by atoms with Gasteiger partial charge in [-0.3, -0.25) is 4.79 Å². The lowest BCUT2D eigenvalue weighted by atomic mass is 9.92. The van der Waals surface area contributed by atoms with Crippen molar-refractivity contribution in [2.24, 2.45) is 0 Å². The molecule has 33 heavy (non-hydrogen) atoms. The molecule has 1 heterocycles. The summed E-state index contributed by atoms with van der Waals surface area (Å²) < 4.78 is 11.0. The SMILES string of the molecule is C=C(C)C(O)CC/C(C)=C/Cc1c(O)cc2c(c1O)C(=O)C[C@@H](c1ccc(O)c(OC)c1)O2. The van der Waals surface area contributed by atoms with Gasteiger partial charge >= 0.3 is 0 Å². The van der Waals surface area contributed by atoms with Crippen LogP contribution in [0.4, 0.5) is 0 Å². The fourth-order valence-electron chi connectivity index (χ4n) is 3.77. The molecule has 7 nitrogen and oxygen atoms in total. The third-order valence-electron chi connectivity index (χ3n) is 5.88. The predicted molar refractivity (Wildman–Crippen MR) is 124 cm³/mol. The highest BCUT2D eigenvalue weighted by Crippen LogP contribution is 2.45. The summed E-state index contributed by atoms with van der Waals surface area (Å²) in [6, 6.07) is 6.03. The van der Waals surface area contributed by atoms with Crippen molar-refractivity contribution in [3.63, 3.8) is 0 Å². The Morgan fingerprint density at radius 1 is 1.24 bits per heavy atom. The van der Waals surface area contributed by atoms with Gasteiger partial charge in [-0.15, -0.1) is 0 Å². The Morgan fingerprint density at radius 2 is 1.97 bits per heavy atom. The number of aliphatic hydroxyl groups excluding tert-OH is 1. The zero-order valence-electron chi connectivity index (χ0n) is 19.1. The number of aliphatic hydroxyl groups is 1. The summed E-state index contributed by atoms with van der Waals surface area (Å²) in [5.41, 5.74) is 2.61. The zero-order chi connectivity index (χ0) is 24.3. The number of phenols is 3. The van der Waals surface area contributed by atoms with Crippen LogP contribution in [0.3, 0.4) is 0 Å². The third kappa shape index (κ3) is 5.31. The van der Waals surface area contributed by atoms with E-state index in [0.717, 1.165) is 5.57 Å². The van der Waals surface area contributed by atoms with Crippen molar-refractivity contribution in [1.29, 1.82) is 0 Å². The van der Waals surface area contributed by atoms with E-state index in [-0.39, 0.29) is 58.5 Å². The van der Waals surface area contributed by atoms with E-state index >= 15 is 0 Å². The second-order valence-corrected chi connectivity index (χ2v) is 8.42. The molecule has 4 N–H and O–H groups in total. The number of rotatable bonds is 8. The van der Waals surface area contributed by atoms with E-state index in [9.17, 15) is 25.2 Å². The highest BCUT2D eigenvalue weighted by Gasteiger charge is 2.33. The molecule has 1 unspecified atom stereocenters. The van der Waals surface area contributed by atoms with Crippen LogP contribution < -0.4 is 9.47 Å². The topological polar surface area (TPSA) is 116 Å².